The van der Waals surface area contributed by atoms with E-state index in [0.717, 1.165) is 34.3 Å². The van der Waals surface area contributed by atoms with Crippen molar-refractivity contribution in [3.05, 3.63) is 43.2 Å². The Hall–Kier alpha value is -3.21. The third-order valence-electron chi connectivity index (χ3n) is 5.78. The van der Waals surface area contributed by atoms with Gasteiger partial charge in [0.25, 0.3) is 5.56 Å². The molecule has 0 spiro atoms. The lowest BCUT2D eigenvalue weighted by atomic mass is 9.88. The fourth-order valence-electron chi connectivity index (χ4n) is 4.10. The van der Waals surface area contributed by atoms with Gasteiger partial charge in [-0.15, -0.1) is 11.3 Å². The van der Waals surface area contributed by atoms with Gasteiger partial charge in [0.2, 0.25) is 5.91 Å². The van der Waals surface area contributed by atoms with Crippen LogP contribution in [0, 0.1) is 5.92 Å². The van der Waals surface area contributed by atoms with Gasteiger partial charge in [0.15, 0.2) is 11.2 Å². The van der Waals surface area contributed by atoms with Gasteiger partial charge in [-0.2, -0.15) is 0 Å². The number of rotatable bonds is 5. The van der Waals surface area contributed by atoms with E-state index < -0.39 is 23.1 Å². The van der Waals surface area contributed by atoms with Crippen molar-refractivity contribution in [3.8, 4) is 0 Å². The Bertz CT molecular complexity index is 1350. The zero-order valence-electron chi connectivity index (χ0n) is 18.4. The number of imidazole rings is 1. The van der Waals surface area contributed by atoms with Crippen molar-refractivity contribution in [2.75, 3.05) is 11.9 Å². The highest BCUT2D eigenvalue weighted by atomic mass is 32.1. The van der Waals surface area contributed by atoms with Gasteiger partial charge >= 0.3 is 11.7 Å². The van der Waals surface area contributed by atoms with Gasteiger partial charge in [-0.05, 0) is 37.7 Å². The molecule has 0 saturated heterocycles. The molecule has 3 aromatic heterocycles. The summed E-state index contributed by atoms with van der Waals surface area (Å²) >= 11 is 1.41. The first-order valence-electron chi connectivity index (χ1n) is 10.4. The van der Waals surface area contributed by atoms with Crippen LogP contribution in [0.5, 0.6) is 0 Å². The molecular weight excluding hydrogens is 434 g/mol. The quantitative estimate of drug-likeness (QED) is 0.577. The Balaban J connectivity index is 1.66. The number of amides is 1. The molecule has 10 nitrogen and oxygen atoms in total. The van der Waals surface area contributed by atoms with Gasteiger partial charge in [0.1, 0.15) is 11.5 Å². The van der Waals surface area contributed by atoms with E-state index in [9.17, 15) is 19.2 Å². The molecular formula is C21H25N5O5S. The molecule has 3 aromatic rings. The van der Waals surface area contributed by atoms with Crippen LogP contribution >= 0.6 is 11.3 Å². The predicted molar refractivity (Wildman–Crippen MR) is 120 cm³/mol. The van der Waals surface area contributed by atoms with Crippen LogP contribution in [0.1, 0.15) is 41.1 Å². The summed E-state index contributed by atoms with van der Waals surface area (Å²) in [5, 5.41) is 3.31. The summed E-state index contributed by atoms with van der Waals surface area (Å²) in [5.41, 5.74) is 0.740. The third kappa shape index (κ3) is 3.66. The minimum Gasteiger partial charge on any atom is -0.462 e. The first-order valence-corrected chi connectivity index (χ1v) is 11.3. The standard InChI is InChI=1S/C21H25N5O5S/c1-5-31-20(29)15-12-7-6-11(2)8-13(12)32-18(15)23-14(27)9-26-10-22-17-16(26)19(28)25(4)21(30)24(17)3/h10-11H,5-9H2,1-4H3,(H,23,27). The average Bonchev–Trinajstić information content (AvgIpc) is 3.31. The van der Waals surface area contributed by atoms with Crippen molar-refractivity contribution in [2.24, 2.45) is 20.0 Å². The molecule has 1 aliphatic carbocycles. The third-order valence-corrected chi connectivity index (χ3v) is 6.95. The van der Waals surface area contributed by atoms with Crippen molar-refractivity contribution >= 4 is 39.4 Å². The van der Waals surface area contributed by atoms with E-state index in [4.69, 9.17) is 4.74 Å². The summed E-state index contributed by atoms with van der Waals surface area (Å²) < 4.78 is 8.89. The van der Waals surface area contributed by atoms with E-state index in [-0.39, 0.29) is 24.3 Å². The Morgan fingerprint density at radius 1 is 1.28 bits per heavy atom. The molecule has 0 fully saturated rings. The molecule has 11 heteroatoms. The predicted octanol–water partition coefficient (Wildman–Crippen LogP) is 1.44. The first-order chi connectivity index (χ1) is 15.2. The molecule has 4 rings (SSSR count). The number of nitrogens with one attached hydrogen (secondary N) is 1. The SMILES string of the molecule is CCOC(=O)c1c(NC(=O)Cn2cnc3c2c(=O)n(C)c(=O)n3C)sc2c1CCC(C)C2. The molecule has 3 heterocycles. The van der Waals surface area contributed by atoms with E-state index in [0.29, 0.717) is 16.5 Å². The lowest BCUT2D eigenvalue weighted by molar-refractivity contribution is -0.116. The van der Waals surface area contributed by atoms with Gasteiger partial charge in [-0.3, -0.25) is 18.7 Å². The van der Waals surface area contributed by atoms with E-state index >= 15 is 0 Å². The van der Waals surface area contributed by atoms with E-state index in [2.05, 4.69) is 17.2 Å². The Morgan fingerprint density at radius 3 is 2.75 bits per heavy atom. The first kappa shape index (κ1) is 22.0. The molecule has 0 saturated carbocycles. The highest BCUT2D eigenvalue weighted by Gasteiger charge is 2.29. The lowest BCUT2D eigenvalue weighted by Gasteiger charge is -2.18. The number of anilines is 1. The molecule has 0 bridgehead atoms. The largest absolute Gasteiger partial charge is 0.462 e. The molecule has 1 amide bonds. The van der Waals surface area contributed by atoms with Gasteiger partial charge in [0.05, 0.1) is 18.5 Å². The van der Waals surface area contributed by atoms with E-state index in [1.807, 2.05) is 0 Å². The van der Waals surface area contributed by atoms with Gasteiger partial charge in [-0.25, -0.2) is 14.6 Å². The van der Waals surface area contributed by atoms with Gasteiger partial charge < -0.3 is 14.6 Å². The minimum absolute atomic E-state index is 0.162. The normalized spacial score (nSPS) is 15.6. The van der Waals surface area contributed by atoms with Crippen LogP contribution in [0.25, 0.3) is 11.2 Å². The molecule has 1 N–H and O–H groups in total. The second-order valence-electron chi connectivity index (χ2n) is 8.07. The lowest BCUT2D eigenvalue weighted by Crippen LogP contribution is -2.37. The number of fused-ring (bicyclic) bond motifs is 2. The van der Waals surface area contributed by atoms with Gasteiger partial charge in [-0.1, -0.05) is 6.92 Å². The fraction of sp³-hybridized carbons (Fsp3) is 0.476. The van der Waals surface area contributed by atoms with Crippen molar-refractivity contribution in [1.29, 1.82) is 0 Å². The summed E-state index contributed by atoms with van der Waals surface area (Å²) in [6.45, 7) is 3.97. The summed E-state index contributed by atoms with van der Waals surface area (Å²) in [5.74, 6) is -0.330. The second-order valence-corrected chi connectivity index (χ2v) is 9.18. The highest BCUT2D eigenvalue weighted by molar-refractivity contribution is 7.17. The molecule has 1 aliphatic rings. The number of thiophene rings is 1. The van der Waals surface area contributed by atoms with Crippen LogP contribution in [0.4, 0.5) is 5.00 Å². The van der Waals surface area contributed by atoms with Crippen LogP contribution in [-0.2, 0) is 43.0 Å². The second kappa shape index (κ2) is 8.38. The fourth-order valence-corrected chi connectivity index (χ4v) is 5.51. The van der Waals surface area contributed by atoms with Crippen molar-refractivity contribution in [2.45, 2.75) is 39.7 Å². The smallest absolute Gasteiger partial charge is 0.341 e. The number of ether oxygens (including phenoxy) is 1. The number of carbonyl (C=O) groups is 2. The maximum absolute atomic E-state index is 12.9. The number of nitrogens with zero attached hydrogens (tertiary/aromatic N) is 4. The molecule has 1 unspecified atom stereocenters. The number of aromatic nitrogens is 4. The monoisotopic (exact) mass is 459 g/mol. The van der Waals surface area contributed by atoms with E-state index in [1.165, 1.54) is 40.9 Å². The zero-order valence-corrected chi connectivity index (χ0v) is 19.2. The molecule has 1 atom stereocenters. The van der Waals surface area contributed by atoms with Crippen molar-refractivity contribution < 1.29 is 14.3 Å². The van der Waals surface area contributed by atoms with Crippen LogP contribution in [-0.4, -0.2) is 37.2 Å². The zero-order chi connectivity index (χ0) is 23.2. The average molecular weight is 460 g/mol. The van der Waals surface area contributed by atoms with E-state index in [1.54, 1.807) is 6.92 Å². The van der Waals surface area contributed by atoms with Crippen LogP contribution in [0.15, 0.2) is 15.9 Å². The summed E-state index contributed by atoms with van der Waals surface area (Å²) in [7, 11) is 2.90. The maximum Gasteiger partial charge on any atom is 0.341 e. The molecule has 0 aliphatic heterocycles. The number of carbonyl (C=O) groups excluding carboxylic acids is 2. The number of hydrogen-bond donors (Lipinski definition) is 1. The summed E-state index contributed by atoms with van der Waals surface area (Å²) in [6.07, 6.45) is 3.97. The van der Waals surface area contributed by atoms with Crippen molar-refractivity contribution in [1.82, 2.24) is 18.7 Å². The molecule has 0 aromatic carbocycles. The molecule has 0 radical (unpaired) electrons. The topological polar surface area (TPSA) is 117 Å². The number of aryl methyl sites for hydroxylation is 1. The Kier molecular flexibility index (Phi) is 5.76. The maximum atomic E-state index is 12.9. The number of esters is 1. The minimum atomic E-state index is -0.527. The molecule has 32 heavy (non-hydrogen) atoms. The van der Waals surface area contributed by atoms with Crippen molar-refractivity contribution in [3.63, 3.8) is 0 Å². The highest BCUT2D eigenvalue weighted by Crippen LogP contribution is 2.40. The van der Waals surface area contributed by atoms with Crippen LogP contribution in [0.3, 0.4) is 0 Å². The van der Waals surface area contributed by atoms with Crippen LogP contribution < -0.4 is 16.6 Å². The van der Waals surface area contributed by atoms with Gasteiger partial charge in [0, 0.05) is 19.0 Å². The summed E-state index contributed by atoms with van der Waals surface area (Å²) in [4.78, 5) is 55.5. The Labute approximate surface area is 187 Å². The number of hydrogen-bond acceptors (Lipinski definition) is 7. The van der Waals surface area contributed by atoms with Crippen LogP contribution in [0.2, 0.25) is 0 Å². The Morgan fingerprint density at radius 2 is 2.03 bits per heavy atom. The summed E-state index contributed by atoms with van der Waals surface area (Å²) in [6, 6.07) is 0. The molecule has 170 valence electrons.